The Kier molecular flexibility index (Phi) is 5.27. The second-order valence-electron chi connectivity index (χ2n) is 8.47. The predicted octanol–water partition coefficient (Wildman–Crippen LogP) is 6.87. The molecule has 6 rings (SSSR count). The van der Waals surface area contributed by atoms with Gasteiger partial charge in [0.1, 0.15) is 5.75 Å². The van der Waals surface area contributed by atoms with Crippen LogP contribution in [-0.4, -0.2) is 22.7 Å². The van der Waals surface area contributed by atoms with Crippen molar-refractivity contribution in [3.8, 4) is 16.9 Å². The number of rotatable bonds is 4. The maximum Gasteiger partial charge on any atom is 0.251 e. The Hall–Kier alpha value is -3.70. The van der Waals surface area contributed by atoms with Gasteiger partial charge in [0, 0.05) is 22.0 Å². The lowest BCUT2D eigenvalue weighted by atomic mass is 9.95. The van der Waals surface area contributed by atoms with E-state index in [4.69, 9.17) is 9.84 Å². The molecule has 0 spiro atoms. The maximum absolute atomic E-state index is 13.7. The molecule has 0 aliphatic carbocycles. The number of halogens is 1. The minimum Gasteiger partial charge on any atom is -0.461 e. The lowest BCUT2D eigenvalue weighted by Crippen LogP contribution is -2.45. The first-order valence-corrected chi connectivity index (χ1v) is 12.0. The quantitative estimate of drug-likeness (QED) is 0.282. The molecule has 0 saturated heterocycles. The molecule has 4 aromatic carbocycles. The highest BCUT2D eigenvalue weighted by molar-refractivity contribution is 9.10. The average molecular weight is 509 g/mol. The van der Waals surface area contributed by atoms with Crippen molar-refractivity contribution in [2.24, 2.45) is 5.10 Å². The molecule has 4 nitrogen and oxygen atoms in total. The summed E-state index contributed by atoms with van der Waals surface area (Å²) in [5.74, 6) is 0.629. The van der Waals surface area contributed by atoms with Gasteiger partial charge in [0.2, 0.25) is 5.78 Å². The van der Waals surface area contributed by atoms with E-state index in [-0.39, 0.29) is 11.8 Å². The topological polar surface area (TPSA) is 41.9 Å². The number of hydrogen-bond acceptors (Lipinski definition) is 4. The molecule has 2 aliphatic rings. The van der Waals surface area contributed by atoms with Gasteiger partial charge < -0.3 is 4.74 Å². The zero-order valence-electron chi connectivity index (χ0n) is 18.3. The van der Waals surface area contributed by atoms with E-state index in [0.29, 0.717) is 12.0 Å². The van der Waals surface area contributed by atoms with Crippen LogP contribution in [0.2, 0.25) is 0 Å². The Morgan fingerprint density at radius 2 is 1.47 bits per heavy atom. The van der Waals surface area contributed by atoms with Crippen LogP contribution < -0.4 is 4.74 Å². The van der Waals surface area contributed by atoms with E-state index < -0.39 is 6.23 Å². The molecule has 166 valence electrons. The molecule has 2 atom stereocenters. The molecule has 0 amide bonds. The molecule has 0 unspecified atom stereocenters. The molecule has 0 N–H and O–H groups in total. The number of benzene rings is 4. The van der Waals surface area contributed by atoms with E-state index in [1.165, 1.54) is 0 Å². The summed E-state index contributed by atoms with van der Waals surface area (Å²) in [6, 6.07) is 33.8. The molecule has 34 heavy (non-hydrogen) atoms. The number of hydrazone groups is 1. The first kappa shape index (κ1) is 20.9. The lowest BCUT2D eigenvalue weighted by Gasteiger charge is -2.37. The van der Waals surface area contributed by atoms with Crippen molar-refractivity contribution in [3.63, 3.8) is 0 Å². The first-order valence-electron chi connectivity index (χ1n) is 11.2. The Balaban J connectivity index is 1.36. The van der Waals surface area contributed by atoms with Gasteiger partial charge in [0.15, 0.2) is 0 Å². The predicted molar refractivity (Wildman–Crippen MR) is 137 cm³/mol. The zero-order valence-corrected chi connectivity index (χ0v) is 19.9. The van der Waals surface area contributed by atoms with E-state index in [0.717, 1.165) is 38.2 Å². The molecular formula is C29H21BrN2O2. The van der Waals surface area contributed by atoms with Crippen LogP contribution in [0, 0.1) is 0 Å². The highest BCUT2D eigenvalue weighted by Gasteiger charge is 2.43. The second-order valence-corrected chi connectivity index (χ2v) is 9.39. The summed E-state index contributed by atoms with van der Waals surface area (Å²) in [4.78, 5) is 13.7. The summed E-state index contributed by atoms with van der Waals surface area (Å²) >= 11 is 3.58. The van der Waals surface area contributed by atoms with Gasteiger partial charge in [0.25, 0.3) is 6.23 Å². The number of fused-ring (bicyclic) bond motifs is 3. The van der Waals surface area contributed by atoms with Gasteiger partial charge in [0.05, 0.1) is 11.8 Å². The van der Waals surface area contributed by atoms with Gasteiger partial charge in [-0.2, -0.15) is 5.10 Å². The monoisotopic (exact) mass is 508 g/mol. The molecule has 0 radical (unpaired) electrons. The first-order chi connectivity index (χ1) is 16.7. The third-order valence-electron chi connectivity index (χ3n) is 6.36. The van der Waals surface area contributed by atoms with Crippen molar-refractivity contribution >= 4 is 27.4 Å². The Bertz CT molecular complexity index is 1390. The van der Waals surface area contributed by atoms with Crippen LogP contribution in [0.4, 0.5) is 0 Å². The number of hydrogen-bond donors (Lipinski definition) is 0. The summed E-state index contributed by atoms with van der Waals surface area (Å²) in [5.41, 5.74) is 5.85. The van der Waals surface area contributed by atoms with Gasteiger partial charge in [-0.3, -0.25) is 4.79 Å². The van der Waals surface area contributed by atoms with Crippen molar-refractivity contribution in [1.29, 1.82) is 0 Å². The number of carbonyl (C=O) groups excluding carboxylic acids is 1. The fraction of sp³-hybridized carbons (Fsp3) is 0.103. The normalized spacial score (nSPS) is 18.5. The molecule has 0 aromatic heterocycles. The van der Waals surface area contributed by atoms with Crippen molar-refractivity contribution in [2.45, 2.75) is 18.7 Å². The minimum atomic E-state index is -0.817. The standard InChI is InChI=1S/C29H21BrN2O2/c30-23-15-16-27-24(17-23)26-18-25(21-9-5-2-6-10-21)31-32(26)29(34-27)28(33)22-13-11-20(12-14-22)19-7-3-1-4-8-19/h1-17,26,29H,18H2/t26-,29-/m1/s1. The molecule has 0 fully saturated rings. The van der Waals surface area contributed by atoms with Crippen LogP contribution in [0.5, 0.6) is 5.75 Å². The van der Waals surface area contributed by atoms with Crippen LogP contribution in [0.3, 0.4) is 0 Å². The molecule has 5 heteroatoms. The number of ketones is 1. The fourth-order valence-electron chi connectivity index (χ4n) is 4.64. The maximum atomic E-state index is 13.7. The van der Waals surface area contributed by atoms with E-state index in [1.54, 1.807) is 0 Å². The molecule has 4 aromatic rings. The molecule has 0 bridgehead atoms. The van der Waals surface area contributed by atoms with Crippen molar-refractivity contribution in [2.75, 3.05) is 0 Å². The highest BCUT2D eigenvalue weighted by Crippen LogP contribution is 2.44. The fourth-order valence-corrected chi connectivity index (χ4v) is 5.01. The molecule has 0 saturated carbocycles. The molecular weight excluding hydrogens is 488 g/mol. The lowest BCUT2D eigenvalue weighted by molar-refractivity contribution is -0.00458. The Morgan fingerprint density at radius 3 is 2.18 bits per heavy atom. The van der Waals surface area contributed by atoms with Crippen LogP contribution in [0.1, 0.15) is 33.9 Å². The van der Waals surface area contributed by atoms with Gasteiger partial charge in [-0.25, -0.2) is 5.01 Å². The summed E-state index contributed by atoms with van der Waals surface area (Å²) < 4.78 is 7.24. The number of carbonyl (C=O) groups is 1. The summed E-state index contributed by atoms with van der Waals surface area (Å²) in [5, 5.41) is 6.73. The largest absolute Gasteiger partial charge is 0.461 e. The van der Waals surface area contributed by atoms with Gasteiger partial charge in [-0.05, 0) is 34.9 Å². The van der Waals surface area contributed by atoms with Gasteiger partial charge >= 0.3 is 0 Å². The smallest absolute Gasteiger partial charge is 0.251 e. The summed E-state index contributed by atoms with van der Waals surface area (Å²) in [6.45, 7) is 0. The molecule has 2 aliphatic heterocycles. The Morgan fingerprint density at radius 1 is 0.824 bits per heavy atom. The average Bonchev–Trinajstić information content (AvgIpc) is 3.35. The number of nitrogens with zero attached hydrogens (tertiary/aromatic N) is 2. The SMILES string of the molecule is O=C(c1ccc(-c2ccccc2)cc1)[C@H]1Oc2ccc(Br)cc2[C@H]2CC(c3ccccc3)=NN12. The second kappa shape index (κ2) is 8.58. The van der Waals surface area contributed by atoms with Crippen LogP contribution in [-0.2, 0) is 0 Å². The van der Waals surface area contributed by atoms with Crippen molar-refractivity contribution in [3.05, 3.63) is 124 Å². The van der Waals surface area contributed by atoms with Crippen LogP contribution in [0.25, 0.3) is 11.1 Å². The third-order valence-corrected chi connectivity index (χ3v) is 6.85. The van der Waals surface area contributed by atoms with Crippen molar-refractivity contribution in [1.82, 2.24) is 5.01 Å². The third kappa shape index (κ3) is 3.72. The van der Waals surface area contributed by atoms with E-state index in [1.807, 2.05) is 77.8 Å². The van der Waals surface area contributed by atoms with Gasteiger partial charge in [-0.15, -0.1) is 0 Å². The zero-order chi connectivity index (χ0) is 23.1. The number of Topliss-reactive ketones (excluding diaryl/α,β-unsaturated/α-hetero) is 1. The minimum absolute atomic E-state index is 0.0611. The van der Waals surface area contributed by atoms with Crippen LogP contribution in [0.15, 0.2) is 113 Å². The van der Waals surface area contributed by atoms with E-state index in [9.17, 15) is 4.79 Å². The van der Waals surface area contributed by atoms with Crippen molar-refractivity contribution < 1.29 is 9.53 Å². The summed E-state index contributed by atoms with van der Waals surface area (Å²) in [7, 11) is 0. The highest BCUT2D eigenvalue weighted by atomic mass is 79.9. The summed E-state index contributed by atoms with van der Waals surface area (Å²) in [6.07, 6.45) is -0.101. The Labute approximate surface area is 206 Å². The number of ether oxygens (including phenoxy) is 1. The van der Waals surface area contributed by atoms with E-state index in [2.05, 4.69) is 46.3 Å². The van der Waals surface area contributed by atoms with Crippen LogP contribution >= 0.6 is 15.9 Å². The van der Waals surface area contributed by atoms with E-state index >= 15 is 0 Å². The van der Waals surface area contributed by atoms with Gasteiger partial charge in [-0.1, -0.05) is 101 Å². The molecule has 2 heterocycles.